The molecule has 3 heterocycles. The topological polar surface area (TPSA) is 103 Å². The van der Waals surface area contributed by atoms with E-state index in [9.17, 15) is 4.79 Å². The van der Waals surface area contributed by atoms with Gasteiger partial charge in [-0.05, 0) is 24.3 Å². The number of aryl methyl sites for hydroxylation is 1. The van der Waals surface area contributed by atoms with E-state index in [1.807, 2.05) is 12.3 Å². The molecule has 3 aromatic heterocycles. The van der Waals surface area contributed by atoms with Crippen molar-refractivity contribution in [2.75, 3.05) is 6.54 Å². The highest BCUT2D eigenvalue weighted by Crippen LogP contribution is 2.31. The van der Waals surface area contributed by atoms with E-state index in [0.29, 0.717) is 13.0 Å². The molecule has 0 aliphatic carbocycles. The van der Waals surface area contributed by atoms with Crippen LogP contribution in [-0.4, -0.2) is 27.0 Å². The summed E-state index contributed by atoms with van der Waals surface area (Å²) in [6.45, 7) is 0.356. The second kappa shape index (κ2) is 7.19. The van der Waals surface area contributed by atoms with Gasteiger partial charge in [-0.25, -0.2) is 4.98 Å². The molecule has 0 fully saturated rings. The number of nitrogens with two attached hydrogens (primary N) is 2. The SMILES string of the molecule is Cn1cc(-c2cc3cccnc3[nH]2)c2ccccc21.NCCC(N)=O. The van der Waals surface area contributed by atoms with Gasteiger partial charge < -0.3 is 21.0 Å². The summed E-state index contributed by atoms with van der Waals surface area (Å²) < 4.78 is 2.16. The van der Waals surface area contributed by atoms with Crippen LogP contribution in [0.15, 0.2) is 54.9 Å². The van der Waals surface area contributed by atoms with E-state index in [-0.39, 0.29) is 5.91 Å². The molecule has 5 N–H and O–H groups in total. The molecule has 6 heteroatoms. The van der Waals surface area contributed by atoms with Crippen molar-refractivity contribution in [3.8, 4) is 11.3 Å². The number of amides is 1. The standard InChI is InChI=1S/C16H13N3.C3H8N2O/c1-19-10-13(12-6-2-3-7-15(12)19)14-9-11-5-4-8-17-16(11)18-14;4-2-1-3(5)6/h2-10H,1H3,(H,17,18);1-2,4H2,(H2,5,6). The monoisotopic (exact) mass is 335 g/mol. The van der Waals surface area contributed by atoms with E-state index in [1.54, 1.807) is 0 Å². The highest BCUT2D eigenvalue weighted by atomic mass is 16.1. The number of carbonyl (C=O) groups is 1. The summed E-state index contributed by atoms with van der Waals surface area (Å²) in [5, 5.41) is 2.40. The van der Waals surface area contributed by atoms with Crippen molar-refractivity contribution in [2.24, 2.45) is 18.5 Å². The number of para-hydroxylation sites is 1. The van der Waals surface area contributed by atoms with Crippen LogP contribution in [0.25, 0.3) is 33.2 Å². The highest BCUT2D eigenvalue weighted by Gasteiger charge is 2.10. The molecule has 4 aromatic rings. The number of rotatable bonds is 3. The van der Waals surface area contributed by atoms with Gasteiger partial charge in [-0.15, -0.1) is 0 Å². The Morgan fingerprint density at radius 2 is 2.04 bits per heavy atom. The molecular weight excluding hydrogens is 314 g/mol. The van der Waals surface area contributed by atoms with E-state index in [0.717, 1.165) is 16.7 Å². The number of hydrogen-bond acceptors (Lipinski definition) is 3. The van der Waals surface area contributed by atoms with Crippen LogP contribution in [0.1, 0.15) is 6.42 Å². The quantitative estimate of drug-likeness (QED) is 0.536. The third-order valence-corrected chi connectivity index (χ3v) is 3.97. The molecule has 0 radical (unpaired) electrons. The van der Waals surface area contributed by atoms with Crippen molar-refractivity contribution in [1.29, 1.82) is 0 Å². The zero-order chi connectivity index (χ0) is 17.8. The first-order chi connectivity index (χ1) is 12.1. The maximum atomic E-state index is 9.74. The third-order valence-electron chi connectivity index (χ3n) is 3.97. The number of primary amides is 1. The maximum absolute atomic E-state index is 9.74. The number of pyridine rings is 1. The number of nitrogens with zero attached hydrogens (tertiary/aromatic N) is 2. The molecule has 1 aromatic carbocycles. The second-order valence-electron chi connectivity index (χ2n) is 5.80. The second-order valence-corrected chi connectivity index (χ2v) is 5.80. The van der Waals surface area contributed by atoms with Crippen LogP contribution in [0.2, 0.25) is 0 Å². The van der Waals surface area contributed by atoms with Crippen molar-refractivity contribution >= 4 is 27.8 Å². The minimum atomic E-state index is -0.336. The molecule has 0 saturated heterocycles. The summed E-state index contributed by atoms with van der Waals surface area (Å²) in [7, 11) is 2.08. The number of nitrogens with one attached hydrogen (secondary N) is 1. The van der Waals surface area contributed by atoms with Crippen molar-refractivity contribution in [1.82, 2.24) is 14.5 Å². The van der Waals surface area contributed by atoms with Crippen molar-refractivity contribution in [3.05, 3.63) is 54.9 Å². The van der Waals surface area contributed by atoms with Gasteiger partial charge in [0, 0.05) is 60.0 Å². The Bertz CT molecular complexity index is 982. The van der Waals surface area contributed by atoms with Gasteiger partial charge in [0.15, 0.2) is 0 Å². The van der Waals surface area contributed by atoms with Gasteiger partial charge >= 0.3 is 0 Å². The zero-order valence-electron chi connectivity index (χ0n) is 14.1. The average molecular weight is 335 g/mol. The van der Waals surface area contributed by atoms with E-state index < -0.39 is 0 Å². The van der Waals surface area contributed by atoms with Gasteiger partial charge in [0.2, 0.25) is 5.91 Å². The fourth-order valence-corrected chi connectivity index (χ4v) is 2.80. The molecule has 6 nitrogen and oxygen atoms in total. The van der Waals surface area contributed by atoms with Crippen molar-refractivity contribution in [2.45, 2.75) is 6.42 Å². The van der Waals surface area contributed by atoms with Crippen molar-refractivity contribution in [3.63, 3.8) is 0 Å². The summed E-state index contributed by atoms with van der Waals surface area (Å²) in [6.07, 6.45) is 4.26. The van der Waals surface area contributed by atoms with E-state index >= 15 is 0 Å². The summed E-state index contributed by atoms with van der Waals surface area (Å²) in [4.78, 5) is 17.5. The molecule has 0 aliphatic rings. The van der Waals surface area contributed by atoms with Gasteiger partial charge in [0.05, 0.1) is 0 Å². The molecule has 0 spiro atoms. The molecule has 4 rings (SSSR count). The van der Waals surface area contributed by atoms with Gasteiger partial charge in [-0.1, -0.05) is 18.2 Å². The lowest BCUT2D eigenvalue weighted by Crippen LogP contribution is -2.15. The zero-order valence-corrected chi connectivity index (χ0v) is 14.1. The number of aromatic nitrogens is 3. The minimum Gasteiger partial charge on any atom is -0.370 e. The van der Waals surface area contributed by atoms with Crippen LogP contribution in [-0.2, 0) is 11.8 Å². The van der Waals surface area contributed by atoms with E-state index in [2.05, 4.69) is 69.9 Å². The Hall–Kier alpha value is -3.12. The van der Waals surface area contributed by atoms with Crippen LogP contribution in [0.5, 0.6) is 0 Å². The van der Waals surface area contributed by atoms with Crippen LogP contribution < -0.4 is 11.5 Å². The minimum absolute atomic E-state index is 0.292. The fraction of sp³-hybridized carbons (Fsp3) is 0.158. The summed E-state index contributed by atoms with van der Waals surface area (Å²) in [5.74, 6) is -0.336. The Morgan fingerprint density at radius 3 is 2.72 bits per heavy atom. The van der Waals surface area contributed by atoms with Crippen LogP contribution in [0, 0.1) is 0 Å². The maximum Gasteiger partial charge on any atom is 0.218 e. The number of benzene rings is 1. The van der Waals surface area contributed by atoms with Gasteiger partial charge in [0.25, 0.3) is 0 Å². The van der Waals surface area contributed by atoms with Gasteiger partial charge in [-0.2, -0.15) is 0 Å². The first-order valence-electron chi connectivity index (χ1n) is 8.06. The average Bonchev–Trinajstić information content (AvgIpc) is 3.17. The lowest BCUT2D eigenvalue weighted by atomic mass is 10.1. The number of hydrogen-bond donors (Lipinski definition) is 3. The van der Waals surface area contributed by atoms with Crippen LogP contribution >= 0.6 is 0 Å². The Morgan fingerprint density at radius 1 is 1.24 bits per heavy atom. The number of aromatic amines is 1. The number of fused-ring (bicyclic) bond motifs is 2. The molecule has 25 heavy (non-hydrogen) atoms. The fourth-order valence-electron chi connectivity index (χ4n) is 2.80. The molecule has 0 unspecified atom stereocenters. The molecular formula is C19H21N5O. The Kier molecular flexibility index (Phi) is 4.81. The van der Waals surface area contributed by atoms with Crippen LogP contribution in [0.4, 0.5) is 0 Å². The normalized spacial score (nSPS) is 10.6. The predicted molar refractivity (Wildman–Crippen MR) is 101 cm³/mol. The summed E-state index contributed by atoms with van der Waals surface area (Å²) >= 11 is 0. The number of carbonyl (C=O) groups excluding carboxylic acids is 1. The lowest BCUT2D eigenvalue weighted by molar-refractivity contribution is -0.117. The van der Waals surface area contributed by atoms with E-state index in [4.69, 9.17) is 5.73 Å². The third kappa shape index (κ3) is 3.54. The Balaban J connectivity index is 0.000000265. The first-order valence-corrected chi connectivity index (χ1v) is 8.06. The first kappa shape index (κ1) is 16.7. The van der Waals surface area contributed by atoms with Crippen LogP contribution in [0.3, 0.4) is 0 Å². The molecule has 0 bridgehead atoms. The summed E-state index contributed by atoms with van der Waals surface area (Å²) in [5.41, 5.74) is 14.1. The smallest absolute Gasteiger partial charge is 0.218 e. The molecule has 1 amide bonds. The molecule has 0 aliphatic heterocycles. The molecule has 0 atom stereocenters. The van der Waals surface area contributed by atoms with Crippen molar-refractivity contribution < 1.29 is 4.79 Å². The predicted octanol–water partition coefficient (Wildman–Crippen LogP) is 2.54. The van der Waals surface area contributed by atoms with Gasteiger partial charge in [-0.3, -0.25) is 4.79 Å². The van der Waals surface area contributed by atoms with E-state index in [1.165, 1.54) is 16.5 Å². The largest absolute Gasteiger partial charge is 0.370 e. The van der Waals surface area contributed by atoms with Gasteiger partial charge in [0.1, 0.15) is 5.65 Å². The number of H-pyrrole nitrogens is 1. The Labute approximate surface area is 145 Å². The highest BCUT2D eigenvalue weighted by molar-refractivity contribution is 5.97. The lowest BCUT2D eigenvalue weighted by Gasteiger charge is -1.94. The summed E-state index contributed by atoms with van der Waals surface area (Å²) in [6, 6.07) is 14.6. The molecule has 128 valence electrons. The molecule has 0 saturated carbocycles.